The van der Waals surface area contributed by atoms with Crippen molar-refractivity contribution in [1.82, 2.24) is 9.79 Å². The summed E-state index contributed by atoms with van der Waals surface area (Å²) in [5, 5.41) is 0.455. The van der Waals surface area contributed by atoms with Crippen LogP contribution < -0.4 is 14.2 Å². The van der Waals surface area contributed by atoms with E-state index in [4.69, 9.17) is 14.3 Å². The van der Waals surface area contributed by atoms with Crippen LogP contribution in [0.15, 0.2) is 42.5 Å². The van der Waals surface area contributed by atoms with E-state index in [-0.39, 0.29) is 25.5 Å². The van der Waals surface area contributed by atoms with Crippen LogP contribution in [0, 0.1) is 5.82 Å². The predicted octanol–water partition coefficient (Wildman–Crippen LogP) is 1.96. The summed E-state index contributed by atoms with van der Waals surface area (Å²) in [6, 6.07) is 10.6. The smallest absolute Gasteiger partial charge is 0.231 e. The van der Waals surface area contributed by atoms with Crippen molar-refractivity contribution in [3.8, 4) is 11.5 Å². The van der Waals surface area contributed by atoms with E-state index in [9.17, 15) is 12.8 Å². The highest BCUT2D eigenvalue weighted by Crippen LogP contribution is 2.35. The molecular formula is C18H19FN2O5S. The van der Waals surface area contributed by atoms with Gasteiger partial charge in [0.25, 0.3) is 0 Å². The summed E-state index contributed by atoms with van der Waals surface area (Å²) in [7, 11) is -2.17. The molecule has 144 valence electrons. The van der Waals surface area contributed by atoms with Crippen LogP contribution in [-0.4, -0.2) is 39.2 Å². The number of halogens is 1. The Hall–Kier alpha value is -2.20. The van der Waals surface area contributed by atoms with Gasteiger partial charge in [-0.25, -0.2) is 17.5 Å². The zero-order chi connectivity index (χ0) is 19.0. The minimum atomic E-state index is -3.77. The van der Waals surface area contributed by atoms with Crippen molar-refractivity contribution < 1.29 is 27.1 Å². The fourth-order valence-electron chi connectivity index (χ4n) is 3.31. The molecular weight excluding hydrogens is 375 g/mol. The molecule has 2 aliphatic heterocycles. The van der Waals surface area contributed by atoms with Crippen molar-refractivity contribution >= 4 is 10.0 Å². The molecule has 0 bridgehead atoms. The molecule has 0 radical (unpaired) electrons. The highest BCUT2D eigenvalue weighted by molar-refractivity contribution is 7.90. The summed E-state index contributed by atoms with van der Waals surface area (Å²) in [6.07, 6.45) is 0. The first-order valence-electron chi connectivity index (χ1n) is 8.43. The van der Waals surface area contributed by atoms with Crippen molar-refractivity contribution in [1.29, 1.82) is 0 Å². The maximum absolute atomic E-state index is 14.2. The van der Waals surface area contributed by atoms with Gasteiger partial charge in [0.15, 0.2) is 11.5 Å². The second kappa shape index (κ2) is 7.08. The van der Waals surface area contributed by atoms with Crippen molar-refractivity contribution in [2.45, 2.75) is 17.8 Å². The fraction of sp³-hybridized carbons (Fsp3) is 0.333. The van der Waals surface area contributed by atoms with E-state index in [1.54, 1.807) is 43.4 Å². The fourth-order valence-corrected chi connectivity index (χ4v) is 4.79. The normalized spacial score (nSPS) is 22.3. The van der Waals surface area contributed by atoms with Crippen LogP contribution in [-0.2, 0) is 21.4 Å². The first-order valence-corrected chi connectivity index (χ1v) is 9.97. The predicted molar refractivity (Wildman–Crippen MR) is 95.0 cm³/mol. The third-order valence-electron chi connectivity index (χ3n) is 4.72. The van der Waals surface area contributed by atoms with Gasteiger partial charge in [-0.1, -0.05) is 24.3 Å². The van der Waals surface area contributed by atoms with E-state index in [1.807, 2.05) is 0 Å². The molecule has 0 aliphatic carbocycles. The summed E-state index contributed by atoms with van der Waals surface area (Å²) in [5.74, 6) is 0.753. The molecule has 0 aromatic heterocycles. The zero-order valence-electron chi connectivity index (χ0n) is 14.6. The number of nitrogens with zero attached hydrogens (tertiary/aromatic N) is 1. The van der Waals surface area contributed by atoms with Gasteiger partial charge in [-0.15, -0.1) is 0 Å². The minimum absolute atomic E-state index is 0.0496. The van der Waals surface area contributed by atoms with Gasteiger partial charge in [0, 0.05) is 19.2 Å². The van der Waals surface area contributed by atoms with Crippen LogP contribution >= 0.6 is 0 Å². The van der Waals surface area contributed by atoms with Gasteiger partial charge in [0.2, 0.25) is 16.8 Å². The number of fused-ring (bicyclic) bond motifs is 1. The van der Waals surface area contributed by atoms with Gasteiger partial charge >= 0.3 is 0 Å². The molecule has 0 amide bonds. The first-order chi connectivity index (χ1) is 13.0. The largest absolute Gasteiger partial charge is 0.454 e. The molecule has 2 heterocycles. The molecule has 1 fully saturated rings. The lowest BCUT2D eigenvalue weighted by Gasteiger charge is -2.23. The molecule has 1 saturated heterocycles. The highest BCUT2D eigenvalue weighted by atomic mass is 32.2. The van der Waals surface area contributed by atoms with Gasteiger partial charge in [-0.3, -0.25) is 4.84 Å². The monoisotopic (exact) mass is 394 g/mol. The van der Waals surface area contributed by atoms with Crippen LogP contribution in [0.4, 0.5) is 4.39 Å². The Morgan fingerprint density at radius 1 is 1.19 bits per heavy atom. The zero-order valence-corrected chi connectivity index (χ0v) is 15.4. The summed E-state index contributed by atoms with van der Waals surface area (Å²) >= 11 is 0. The molecule has 0 spiro atoms. The maximum Gasteiger partial charge on any atom is 0.231 e. The lowest BCUT2D eigenvalue weighted by atomic mass is 10.0. The molecule has 2 aromatic carbocycles. The van der Waals surface area contributed by atoms with Crippen molar-refractivity contribution in [3.63, 3.8) is 0 Å². The van der Waals surface area contributed by atoms with E-state index in [2.05, 4.69) is 4.72 Å². The number of ether oxygens (including phenoxy) is 2. The Morgan fingerprint density at radius 3 is 2.78 bits per heavy atom. The Morgan fingerprint density at radius 2 is 1.96 bits per heavy atom. The van der Waals surface area contributed by atoms with Gasteiger partial charge in [-0.2, -0.15) is 5.06 Å². The molecule has 0 saturated carbocycles. The number of rotatable bonds is 5. The number of hydrogen-bond donors (Lipinski definition) is 1. The lowest BCUT2D eigenvalue weighted by Crippen LogP contribution is -2.39. The summed E-state index contributed by atoms with van der Waals surface area (Å²) < 4.78 is 53.1. The Labute approximate surface area is 156 Å². The lowest BCUT2D eigenvalue weighted by molar-refractivity contribution is -0.111. The maximum atomic E-state index is 14.2. The van der Waals surface area contributed by atoms with Crippen LogP contribution in [0.1, 0.15) is 17.2 Å². The van der Waals surface area contributed by atoms with Crippen molar-refractivity contribution in [3.05, 3.63) is 59.4 Å². The number of sulfonamides is 1. The number of nitrogens with one attached hydrogen (secondary N) is 1. The van der Waals surface area contributed by atoms with Gasteiger partial charge in [-0.05, 0) is 23.8 Å². The van der Waals surface area contributed by atoms with Crippen LogP contribution in [0.2, 0.25) is 0 Å². The number of hydroxylamine groups is 2. The molecule has 2 atom stereocenters. The Balaban J connectivity index is 1.53. The minimum Gasteiger partial charge on any atom is -0.454 e. The standard InChI is InChI=1S/C18H19FN2O5S/c1-21-18(13-4-2-3-5-14(13)19)17(10-26-21)27(22,23)20-9-12-6-7-15-16(8-12)25-11-24-15/h2-8,17-18,20H,9-11H2,1H3. The molecule has 2 aromatic rings. The summed E-state index contributed by atoms with van der Waals surface area (Å²) in [6.45, 7) is 0.190. The average molecular weight is 394 g/mol. The van der Waals surface area contributed by atoms with Gasteiger partial charge in [0.1, 0.15) is 11.1 Å². The third kappa shape index (κ3) is 3.51. The van der Waals surface area contributed by atoms with Crippen LogP contribution in [0.25, 0.3) is 0 Å². The second-order valence-electron chi connectivity index (χ2n) is 6.40. The molecule has 27 heavy (non-hydrogen) atoms. The quantitative estimate of drug-likeness (QED) is 0.836. The third-order valence-corrected chi connectivity index (χ3v) is 6.46. The Kier molecular flexibility index (Phi) is 4.77. The van der Waals surface area contributed by atoms with E-state index >= 15 is 0 Å². The highest BCUT2D eigenvalue weighted by Gasteiger charge is 2.44. The Bertz CT molecular complexity index is 953. The average Bonchev–Trinajstić information content (AvgIpc) is 3.27. The van der Waals surface area contributed by atoms with Crippen molar-refractivity contribution in [2.75, 3.05) is 20.4 Å². The van der Waals surface area contributed by atoms with E-state index in [0.29, 0.717) is 11.5 Å². The van der Waals surface area contributed by atoms with Crippen LogP contribution in [0.3, 0.4) is 0 Å². The summed E-state index contributed by atoms with van der Waals surface area (Å²) in [5.41, 5.74) is 1.02. The summed E-state index contributed by atoms with van der Waals surface area (Å²) in [4.78, 5) is 5.40. The molecule has 9 heteroatoms. The molecule has 4 rings (SSSR count). The number of hydrogen-bond acceptors (Lipinski definition) is 6. The van der Waals surface area contributed by atoms with E-state index in [0.717, 1.165) is 5.56 Å². The molecule has 7 nitrogen and oxygen atoms in total. The molecule has 2 aliphatic rings. The first kappa shape index (κ1) is 18.2. The van der Waals surface area contributed by atoms with Gasteiger partial charge < -0.3 is 9.47 Å². The topological polar surface area (TPSA) is 77.1 Å². The van der Waals surface area contributed by atoms with Crippen LogP contribution in [0.5, 0.6) is 11.5 Å². The van der Waals surface area contributed by atoms with E-state index < -0.39 is 27.1 Å². The van der Waals surface area contributed by atoms with Gasteiger partial charge in [0.05, 0.1) is 12.6 Å². The number of benzene rings is 2. The second-order valence-corrected chi connectivity index (χ2v) is 8.38. The SMILES string of the molecule is CN1OCC(S(=O)(=O)NCc2ccc3c(c2)OCO3)C1c1ccccc1F. The molecule has 1 N–H and O–H groups in total. The molecule has 2 unspecified atom stereocenters. The van der Waals surface area contributed by atoms with Crippen molar-refractivity contribution in [2.24, 2.45) is 0 Å². The van der Waals surface area contributed by atoms with E-state index in [1.165, 1.54) is 11.1 Å².